The molecular weight excluding hydrogens is 748 g/mol. The molecule has 22 nitrogen and oxygen atoms in total. The van der Waals surface area contributed by atoms with Crippen molar-refractivity contribution in [2.45, 2.75) is 64.1 Å². The van der Waals surface area contributed by atoms with E-state index in [1.54, 1.807) is 25.7 Å². The number of amides is 9. The summed E-state index contributed by atoms with van der Waals surface area (Å²) in [7, 11) is 0. The Kier molecular flexibility index (Phi) is 10.4. The highest BCUT2D eigenvalue weighted by Gasteiger charge is 2.47. The van der Waals surface area contributed by atoms with Crippen molar-refractivity contribution < 1.29 is 47.9 Å². The number of aromatic nitrogens is 4. The molecule has 0 bridgehead atoms. The summed E-state index contributed by atoms with van der Waals surface area (Å²) in [6.45, 7) is 10.0. The van der Waals surface area contributed by atoms with E-state index in [9.17, 15) is 43.2 Å². The van der Waals surface area contributed by atoms with Gasteiger partial charge in [-0.3, -0.25) is 58.8 Å². The van der Waals surface area contributed by atoms with Gasteiger partial charge in [0.15, 0.2) is 0 Å². The molecule has 0 radical (unpaired) electrons. The number of anilines is 2. The molecule has 9 amide bonds. The van der Waals surface area contributed by atoms with Crippen LogP contribution >= 0.6 is 0 Å². The number of imide groups is 4. The summed E-state index contributed by atoms with van der Waals surface area (Å²) in [5.74, 6) is -4.05. The summed E-state index contributed by atoms with van der Waals surface area (Å²) in [4.78, 5) is 134. The van der Waals surface area contributed by atoms with E-state index in [-0.39, 0.29) is 54.1 Å². The van der Waals surface area contributed by atoms with Crippen LogP contribution in [0.15, 0.2) is 12.4 Å². The Bertz CT molecular complexity index is 2090. The van der Waals surface area contributed by atoms with E-state index in [1.807, 2.05) is 9.80 Å². The minimum absolute atomic E-state index is 0.0123. The molecule has 300 valence electrons. The van der Waals surface area contributed by atoms with E-state index in [4.69, 9.17) is 4.74 Å². The maximum atomic E-state index is 12.9. The molecule has 8 rings (SSSR count). The lowest BCUT2D eigenvalue weighted by Crippen LogP contribution is -2.54. The van der Waals surface area contributed by atoms with Gasteiger partial charge in [-0.15, -0.1) is 0 Å². The number of nitrogens with one attached hydrogen (secondary N) is 3. The van der Waals surface area contributed by atoms with Gasteiger partial charge in [0.25, 0.3) is 23.6 Å². The minimum atomic E-state index is -1.05. The molecule has 0 aliphatic carbocycles. The van der Waals surface area contributed by atoms with Crippen molar-refractivity contribution in [3.8, 4) is 0 Å². The van der Waals surface area contributed by atoms with Crippen LogP contribution in [0.5, 0.6) is 0 Å². The topological polar surface area (TPSA) is 267 Å². The lowest BCUT2D eigenvalue weighted by Gasteiger charge is -2.35. The van der Waals surface area contributed by atoms with Crippen molar-refractivity contribution in [1.29, 1.82) is 0 Å². The van der Waals surface area contributed by atoms with Gasteiger partial charge in [0.1, 0.15) is 29.1 Å². The number of piperazine rings is 2. The van der Waals surface area contributed by atoms with E-state index in [0.29, 0.717) is 45.2 Å². The van der Waals surface area contributed by atoms with Gasteiger partial charge in [0, 0.05) is 77.6 Å². The van der Waals surface area contributed by atoms with Crippen LogP contribution in [0.25, 0.3) is 0 Å². The number of fused-ring (bicyclic) bond motifs is 2. The first kappa shape index (κ1) is 38.8. The molecule has 4 fully saturated rings. The molecule has 22 heteroatoms. The molecule has 2 unspecified atom stereocenters. The van der Waals surface area contributed by atoms with Gasteiger partial charge in [-0.2, -0.15) is 0 Å². The first-order valence-corrected chi connectivity index (χ1v) is 18.5. The Labute approximate surface area is 324 Å². The Morgan fingerprint density at radius 1 is 0.649 bits per heavy atom. The molecule has 3 N–H and O–H groups in total. The van der Waals surface area contributed by atoms with E-state index in [0.717, 1.165) is 22.9 Å². The fourth-order valence-corrected chi connectivity index (χ4v) is 7.06. The SMILES string of the molecule is CC(C)(C)OC(=O)N1CCN(c2ncc3c(n2)C(=O)N(C2CCC(=O)NC2=O)C3=O)CC1.O=C1CCC(N2C(=O)c3cnc(N4CCNCC4)nc3C2=O)C(=O)N1. The highest BCUT2D eigenvalue weighted by atomic mass is 16.6. The van der Waals surface area contributed by atoms with E-state index >= 15 is 0 Å². The predicted molar refractivity (Wildman–Crippen MR) is 193 cm³/mol. The zero-order valence-electron chi connectivity index (χ0n) is 31.4. The first-order chi connectivity index (χ1) is 27.1. The Morgan fingerprint density at radius 2 is 1.09 bits per heavy atom. The lowest BCUT2D eigenvalue weighted by molar-refractivity contribution is -0.137. The van der Waals surface area contributed by atoms with Crippen molar-refractivity contribution in [3.05, 3.63) is 34.9 Å². The second-order valence-corrected chi connectivity index (χ2v) is 15.0. The summed E-state index contributed by atoms with van der Waals surface area (Å²) >= 11 is 0. The number of hydrogen-bond acceptors (Lipinski definition) is 17. The molecule has 2 aromatic heterocycles. The minimum Gasteiger partial charge on any atom is -0.444 e. The van der Waals surface area contributed by atoms with Crippen LogP contribution in [0.1, 0.15) is 88.1 Å². The fourth-order valence-electron chi connectivity index (χ4n) is 7.06. The average molecular weight is 789 g/mol. The second kappa shape index (κ2) is 15.2. The molecule has 0 aromatic carbocycles. The predicted octanol–water partition coefficient (Wildman–Crippen LogP) is -1.78. The van der Waals surface area contributed by atoms with Gasteiger partial charge < -0.3 is 24.8 Å². The van der Waals surface area contributed by atoms with Crippen LogP contribution in [0.2, 0.25) is 0 Å². The molecule has 0 spiro atoms. The van der Waals surface area contributed by atoms with Crippen molar-refractivity contribution >= 4 is 65.2 Å². The van der Waals surface area contributed by atoms with Crippen molar-refractivity contribution in [1.82, 2.24) is 50.6 Å². The third-order valence-electron chi connectivity index (χ3n) is 9.95. The molecule has 4 saturated heterocycles. The van der Waals surface area contributed by atoms with Crippen LogP contribution in [-0.2, 0) is 23.9 Å². The van der Waals surface area contributed by atoms with Gasteiger partial charge in [0.2, 0.25) is 35.5 Å². The molecule has 0 saturated carbocycles. The zero-order chi connectivity index (χ0) is 40.8. The molecule has 6 aliphatic heterocycles. The van der Waals surface area contributed by atoms with Crippen molar-refractivity contribution in [2.75, 3.05) is 62.2 Å². The monoisotopic (exact) mass is 788 g/mol. The van der Waals surface area contributed by atoms with Crippen molar-refractivity contribution in [2.24, 2.45) is 0 Å². The van der Waals surface area contributed by atoms with Crippen LogP contribution in [0.4, 0.5) is 16.7 Å². The number of piperidine rings is 2. The van der Waals surface area contributed by atoms with Crippen LogP contribution < -0.4 is 25.8 Å². The normalized spacial score (nSPS) is 22.5. The number of nitrogens with zero attached hydrogens (tertiary/aromatic N) is 9. The molecular formula is C35H40N12O10. The standard InChI is InChI=1S/C20H24N6O6.C15H16N6O4/c1-20(2,3)32-19(31)25-8-6-24(7-9-25)18-21-10-11-14(23-18)17(30)26(16(11)29)12-4-5-13(27)22-15(12)28;22-10-2-1-9(12(23)18-10)21-13(24)8-7-17-15(19-11(8)14(21)25)20-5-3-16-4-6-20/h10,12H,4-9H2,1-3H3,(H,22,27,28);7,9,16H,1-6H2,(H,18,22,23). The molecule has 8 heterocycles. The fraction of sp³-hybridized carbons (Fsp3) is 0.514. The van der Waals surface area contributed by atoms with Crippen LogP contribution in [0, 0.1) is 0 Å². The molecule has 2 aromatic rings. The third-order valence-corrected chi connectivity index (χ3v) is 9.95. The smallest absolute Gasteiger partial charge is 0.410 e. The second-order valence-electron chi connectivity index (χ2n) is 15.0. The highest BCUT2D eigenvalue weighted by Crippen LogP contribution is 2.29. The quantitative estimate of drug-likeness (QED) is 0.289. The third kappa shape index (κ3) is 7.71. The molecule has 6 aliphatic rings. The van der Waals surface area contributed by atoms with Crippen molar-refractivity contribution in [3.63, 3.8) is 0 Å². The Hall–Kier alpha value is -6.45. The average Bonchev–Trinajstić information content (AvgIpc) is 3.58. The maximum Gasteiger partial charge on any atom is 0.410 e. The number of hydrogen-bond donors (Lipinski definition) is 3. The summed E-state index contributed by atoms with van der Waals surface area (Å²) in [5.41, 5.74) is -0.527. The summed E-state index contributed by atoms with van der Waals surface area (Å²) < 4.78 is 5.39. The Morgan fingerprint density at radius 3 is 1.51 bits per heavy atom. The van der Waals surface area contributed by atoms with E-state index in [1.165, 1.54) is 12.4 Å². The van der Waals surface area contributed by atoms with Crippen LogP contribution in [-0.4, -0.2) is 158 Å². The van der Waals surface area contributed by atoms with Gasteiger partial charge in [-0.1, -0.05) is 0 Å². The van der Waals surface area contributed by atoms with Gasteiger partial charge in [-0.25, -0.2) is 24.7 Å². The number of carbonyl (C=O) groups excluding carboxylic acids is 9. The first-order valence-electron chi connectivity index (χ1n) is 18.5. The zero-order valence-corrected chi connectivity index (χ0v) is 31.4. The van der Waals surface area contributed by atoms with E-state index < -0.39 is 71.0 Å². The number of ether oxygens (including phenoxy) is 1. The van der Waals surface area contributed by atoms with Gasteiger partial charge in [0.05, 0.1) is 11.1 Å². The summed E-state index contributed by atoms with van der Waals surface area (Å²) in [6, 6.07) is -2.04. The molecule has 57 heavy (non-hydrogen) atoms. The maximum absolute atomic E-state index is 12.9. The largest absolute Gasteiger partial charge is 0.444 e. The van der Waals surface area contributed by atoms with E-state index in [2.05, 4.69) is 35.9 Å². The molecule has 2 atom stereocenters. The van der Waals surface area contributed by atoms with Gasteiger partial charge >= 0.3 is 6.09 Å². The summed E-state index contributed by atoms with van der Waals surface area (Å²) in [5, 5.41) is 7.53. The van der Waals surface area contributed by atoms with Crippen LogP contribution in [0.3, 0.4) is 0 Å². The van der Waals surface area contributed by atoms with Gasteiger partial charge in [-0.05, 0) is 33.6 Å². The number of rotatable bonds is 4. The highest BCUT2D eigenvalue weighted by molar-refractivity contribution is 6.23. The lowest BCUT2D eigenvalue weighted by atomic mass is 10.0. The summed E-state index contributed by atoms with van der Waals surface area (Å²) in [6.07, 6.45) is 2.55. The Balaban J connectivity index is 0.000000179. The number of carbonyl (C=O) groups is 9.